The molecule has 4 rings (SSSR count). The molecule has 1 saturated carbocycles. The third-order valence-corrected chi connectivity index (χ3v) is 8.67. The van der Waals surface area contributed by atoms with Gasteiger partial charge in [-0.1, -0.05) is 26.0 Å². The lowest BCUT2D eigenvalue weighted by Crippen LogP contribution is -2.36. The molecule has 0 atom stereocenters. The van der Waals surface area contributed by atoms with Crippen LogP contribution < -0.4 is 16.8 Å². The van der Waals surface area contributed by atoms with Gasteiger partial charge in [0.1, 0.15) is 5.84 Å². The lowest BCUT2D eigenvalue weighted by Gasteiger charge is -2.29. The fourth-order valence-corrected chi connectivity index (χ4v) is 6.12. The molecule has 0 spiro atoms. The van der Waals surface area contributed by atoms with E-state index >= 15 is 0 Å². The van der Waals surface area contributed by atoms with Gasteiger partial charge in [0.2, 0.25) is 5.91 Å². The Kier molecular flexibility index (Phi) is 10.3. The maximum atomic E-state index is 14.6. The van der Waals surface area contributed by atoms with Crippen molar-refractivity contribution >= 4 is 29.0 Å². The Hall–Kier alpha value is -4.28. The second-order valence-electron chi connectivity index (χ2n) is 11.8. The molecular weight excluding hydrogens is 581 g/mol. The number of nitrogens with two attached hydrogens (primary N) is 2. The first-order chi connectivity index (χ1) is 21.2. The van der Waals surface area contributed by atoms with Crippen LogP contribution in [0.25, 0.3) is 11.4 Å². The molecule has 0 unspecified atom stereocenters. The summed E-state index contributed by atoms with van der Waals surface area (Å²) in [5.74, 6) is -0.746. The van der Waals surface area contributed by atoms with Crippen molar-refractivity contribution in [3.8, 4) is 11.4 Å². The number of hydrogen-bond donors (Lipinski definition) is 3. The highest BCUT2D eigenvalue weighted by atomic mass is 19.4. The number of amides is 1. The quantitative estimate of drug-likeness (QED) is 0.100. The highest BCUT2D eigenvalue weighted by Gasteiger charge is 2.37. The molecule has 11 heteroatoms. The first-order valence-corrected chi connectivity index (χ1v) is 15.4. The highest BCUT2D eigenvalue weighted by Crippen LogP contribution is 2.41. The number of hydrogen-bond acceptors (Lipinski definition) is 6. The third-order valence-electron chi connectivity index (χ3n) is 8.67. The van der Waals surface area contributed by atoms with Crippen molar-refractivity contribution in [3.05, 3.63) is 69.9 Å². The van der Waals surface area contributed by atoms with Gasteiger partial charge >= 0.3 is 6.18 Å². The van der Waals surface area contributed by atoms with Gasteiger partial charge < -0.3 is 16.8 Å². The Labute approximate surface area is 261 Å². The number of Topliss-reactive ketones (excluding diaryl/α,β-unsaturated/α-hetero) is 1. The zero-order chi connectivity index (χ0) is 33.1. The number of carbonyl (C=O) groups is 2. The molecule has 240 valence electrons. The molecule has 0 aliphatic heterocycles. The SMILES string of the molecule is CCC(CC)C(=O)c1cc(-c2nc(N=C(N)c3ccccc3N)c(C)c(C3CCC(NC(C)=O)CC3)n2)c(C(F)(F)F)cc1C. The summed E-state index contributed by atoms with van der Waals surface area (Å²) >= 11 is 0. The molecule has 1 aliphatic rings. The number of aryl methyl sites for hydroxylation is 1. The van der Waals surface area contributed by atoms with Crippen molar-refractivity contribution in [3.63, 3.8) is 0 Å². The normalized spacial score (nSPS) is 17.4. The Balaban J connectivity index is 1.94. The average Bonchev–Trinajstić information content (AvgIpc) is 2.98. The Morgan fingerprint density at radius 2 is 1.67 bits per heavy atom. The molecule has 5 N–H and O–H groups in total. The van der Waals surface area contributed by atoms with E-state index in [2.05, 4.69) is 15.3 Å². The van der Waals surface area contributed by atoms with Crippen molar-refractivity contribution in [2.24, 2.45) is 16.6 Å². The molecule has 0 saturated heterocycles. The predicted molar refractivity (Wildman–Crippen MR) is 170 cm³/mol. The molecule has 0 bridgehead atoms. The largest absolute Gasteiger partial charge is 0.417 e. The summed E-state index contributed by atoms with van der Waals surface area (Å²) in [7, 11) is 0. The summed E-state index contributed by atoms with van der Waals surface area (Å²) in [4.78, 5) is 38.9. The van der Waals surface area contributed by atoms with Crippen LogP contribution in [0, 0.1) is 19.8 Å². The number of para-hydroxylation sites is 1. The van der Waals surface area contributed by atoms with Crippen LogP contribution in [0.15, 0.2) is 41.4 Å². The number of alkyl halides is 3. The minimum Gasteiger partial charge on any atom is -0.398 e. The summed E-state index contributed by atoms with van der Waals surface area (Å²) in [6.07, 6.45) is -0.901. The molecule has 0 radical (unpaired) electrons. The molecule has 1 aliphatic carbocycles. The highest BCUT2D eigenvalue weighted by molar-refractivity contribution is 6.03. The molecule has 2 aromatic carbocycles. The van der Waals surface area contributed by atoms with Gasteiger partial charge in [-0.05, 0) is 82.2 Å². The maximum Gasteiger partial charge on any atom is 0.417 e. The standard InChI is InChI=1S/C34H41F3N6O2/c1-6-21(7-2)30(45)25-17-26(27(16-18(25)3)34(35,36)37)33-41-29(22-12-14-23(15-13-22)40-20(5)44)19(4)32(43-33)42-31(39)24-10-8-9-11-28(24)38/h8-11,16-17,21-23H,6-7,12-15,38H2,1-5H3,(H,40,44)(H2,39,41,42,43). The van der Waals surface area contributed by atoms with Crippen LogP contribution in [0.4, 0.5) is 24.7 Å². The van der Waals surface area contributed by atoms with E-state index in [-0.39, 0.29) is 63.7 Å². The van der Waals surface area contributed by atoms with E-state index in [0.717, 1.165) is 6.07 Å². The summed E-state index contributed by atoms with van der Waals surface area (Å²) < 4.78 is 43.7. The van der Waals surface area contributed by atoms with Crippen LogP contribution in [0.2, 0.25) is 0 Å². The number of anilines is 1. The van der Waals surface area contributed by atoms with Gasteiger partial charge in [0, 0.05) is 52.7 Å². The molecule has 1 aromatic heterocycles. The summed E-state index contributed by atoms with van der Waals surface area (Å²) in [5, 5.41) is 2.95. The van der Waals surface area contributed by atoms with Gasteiger partial charge in [-0.3, -0.25) is 9.59 Å². The first-order valence-electron chi connectivity index (χ1n) is 15.4. The molecule has 1 amide bonds. The van der Waals surface area contributed by atoms with Crippen LogP contribution in [0.1, 0.15) is 104 Å². The number of nitrogens with zero attached hydrogens (tertiary/aromatic N) is 3. The van der Waals surface area contributed by atoms with E-state index in [9.17, 15) is 22.8 Å². The van der Waals surface area contributed by atoms with E-state index in [1.165, 1.54) is 19.9 Å². The van der Waals surface area contributed by atoms with Gasteiger partial charge in [-0.15, -0.1) is 0 Å². The zero-order valence-electron chi connectivity index (χ0n) is 26.4. The van der Waals surface area contributed by atoms with E-state index in [1.807, 2.05) is 13.8 Å². The number of nitrogen functional groups attached to an aromatic ring is 1. The van der Waals surface area contributed by atoms with Crippen molar-refractivity contribution in [1.29, 1.82) is 0 Å². The molecule has 45 heavy (non-hydrogen) atoms. The fraction of sp³-hybridized carbons (Fsp3) is 0.441. The van der Waals surface area contributed by atoms with Crippen molar-refractivity contribution in [1.82, 2.24) is 15.3 Å². The molecule has 3 aromatic rings. The van der Waals surface area contributed by atoms with E-state index < -0.39 is 11.7 Å². The Morgan fingerprint density at radius 1 is 1.02 bits per heavy atom. The molecular formula is C34H41F3N6O2. The van der Waals surface area contributed by atoms with Gasteiger partial charge in [0.15, 0.2) is 17.4 Å². The number of aliphatic imine (C=N–C) groups is 1. The first kappa shape index (κ1) is 33.6. The van der Waals surface area contributed by atoms with Crippen molar-refractivity contribution in [2.45, 2.75) is 91.3 Å². The van der Waals surface area contributed by atoms with Crippen molar-refractivity contribution < 1.29 is 22.8 Å². The number of amidine groups is 1. The van der Waals surface area contributed by atoms with Crippen LogP contribution >= 0.6 is 0 Å². The second-order valence-corrected chi connectivity index (χ2v) is 11.8. The smallest absolute Gasteiger partial charge is 0.398 e. The van der Waals surface area contributed by atoms with Crippen LogP contribution in [-0.4, -0.2) is 33.5 Å². The fourth-order valence-electron chi connectivity index (χ4n) is 6.12. The van der Waals surface area contributed by atoms with Gasteiger partial charge in [-0.25, -0.2) is 15.0 Å². The monoisotopic (exact) mass is 622 g/mol. The molecule has 8 nitrogen and oxygen atoms in total. The van der Waals surface area contributed by atoms with E-state index in [1.54, 1.807) is 31.2 Å². The predicted octanol–water partition coefficient (Wildman–Crippen LogP) is 7.18. The van der Waals surface area contributed by atoms with Crippen LogP contribution in [0.3, 0.4) is 0 Å². The van der Waals surface area contributed by atoms with Crippen LogP contribution in [0.5, 0.6) is 0 Å². The number of carbonyl (C=O) groups excluding carboxylic acids is 2. The minimum absolute atomic E-state index is 0.0159. The topological polar surface area (TPSA) is 136 Å². The third kappa shape index (κ3) is 7.51. The number of benzene rings is 2. The molecule has 1 fully saturated rings. The Morgan fingerprint density at radius 3 is 2.24 bits per heavy atom. The number of halogens is 3. The summed E-state index contributed by atoms with van der Waals surface area (Å²) in [6, 6.07) is 9.20. The number of rotatable bonds is 9. The average molecular weight is 623 g/mol. The lowest BCUT2D eigenvalue weighted by molar-refractivity contribution is -0.137. The van der Waals surface area contributed by atoms with Gasteiger partial charge in [0.25, 0.3) is 0 Å². The van der Waals surface area contributed by atoms with Crippen molar-refractivity contribution in [2.75, 3.05) is 5.73 Å². The summed E-state index contributed by atoms with van der Waals surface area (Å²) in [5.41, 5.74) is 13.8. The minimum atomic E-state index is -4.73. The van der Waals surface area contributed by atoms with Crippen LogP contribution in [-0.2, 0) is 11.0 Å². The van der Waals surface area contributed by atoms with E-state index in [0.29, 0.717) is 61.0 Å². The van der Waals surface area contributed by atoms with E-state index in [4.69, 9.17) is 16.5 Å². The number of nitrogens with one attached hydrogen (secondary N) is 1. The number of ketones is 1. The lowest BCUT2D eigenvalue weighted by atomic mass is 9.82. The van der Waals surface area contributed by atoms with Gasteiger partial charge in [-0.2, -0.15) is 13.2 Å². The summed E-state index contributed by atoms with van der Waals surface area (Å²) in [6.45, 7) is 8.54. The maximum absolute atomic E-state index is 14.6. The second kappa shape index (κ2) is 13.8. The molecule has 1 heterocycles. The Bertz CT molecular complexity index is 1610. The number of aromatic nitrogens is 2. The van der Waals surface area contributed by atoms with Gasteiger partial charge in [0.05, 0.1) is 11.3 Å². The zero-order valence-corrected chi connectivity index (χ0v) is 26.4.